The Kier molecular flexibility index (Phi) is 4.04. The monoisotopic (exact) mass is 289 g/mol. The van der Waals surface area contributed by atoms with Crippen LogP contribution in [0.4, 0.5) is 5.69 Å². The maximum atomic E-state index is 12.0. The first-order valence-corrected chi connectivity index (χ1v) is 7.86. The van der Waals surface area contributed by atoms with Crippen molar-refractivity contribution >= 4 is 11.7 Å². The van der Waals surface area contributed by atoms with Crippen LogP contribution in [0.3, 0.4) is 0 Å². The number of anilines is 1. The molecule has 3 atom stereocenters. The van der Waals surface area contributed by atoms with Crippen LogP contribution in [-0.4, -0.2) is 19.2 Å². The average molecular weight is 289 g/mol. The van der Waals surface area contributed by atoms with Crippen LogP contribution >= 0.6 is 0 Å². The Labute approximate surface area is 125 Å². The van der Waals surface area contributed by atoms with Crippen molar-refractivity contribution in [1.82, 2.24) is 0 Å². The molecule has 21 heavy (non-hydrogen) atoms. The van der Waals surface area contributed by atoms with Crippen LogP contribution in [0, 0.1) is 17.8 Å². The number of benzene rings is 1. The van der Waals surface area contributed by atoms with Crippen LogP contribution in [0.5, 0.6) is 5.75 Å². The molecule has 2 saturated carbocycles. The van der Waals surface area contributed by atoms with Gasteiger partial charge in [-0.25, -0.2) is 4.79 Å². The van der Waals surface area contributed by atoms with Crippen LogP contribution in [-0.2, 0) is 4.74 Å². The molecule has 1 aromatic carbocycles. The van der Waals surface area contributed by atoms with E-state index in [0.29, 0.717) is 36.1 Å². The molecule has 0 heterocycles. The zero-order valence-corrected chi connectivity index (χ0v) is 12.5. The molecule has 4 heteroatoms. The molecule has 1 aromatic rings. The van der Waals surface area contributed by atoms with E-state index in [4.69, 9.17) is 15.2 Å². The second-order valence-corrected chi connectivity index (χ2v) is 6.22. The van der Waals surface area contributed by atoms with Crippen molar-refractivity contribution in [3.63, 3.8) is 0 Å². The Morgan fingerprint density at radius 1 is 1.33 bits per heavy atom. The zero-order valence-electron chi connectivity index (χ0n) is 12.5. The van der Waals surface area contributed by atoms with Gasteiger partial charge in [-0.3, -0.25) is 0 Å². The molecule has 2 fully saturated rings. The summed E-state index contributed by atoms with van der Waals surface area (Å²) in [6, 6.07) is 5.11. The number of hydrogen-bond donors (Lipinski definition) is 1. The number of esters is 1. The van der Waals surface area contributed by atoms with Crippen LogP contribution in [0.2, 0.25) is 0 Å². The normalized spacial score (nSPS) is 26.8. The second-order valence-electron chi connectivity index (χ2n) is 6.22. The first-order valence-electron chi connectivity index (χ1n) is 7.86. The number of rotatable bonds is 5. The highest BCUT2D eigenvalue weighted by Crippen LogP contribution is 2.48. The molecule has 4 nitrogen and oxygen atoms in total. The topological polar surface area (TPSA) is 61.5 Å². The zero-order chi connectivity index (χ0) is 14.8. The summed E-state index contributed by atoms with van der Waals surface area (Å²) in [6.07, 6.45) is 5.34. The van der Waals surface area contributed by atoms with Crippen molar-refractivity contribution in [1.29, 1.82) is 0 Å². The Morgan fingerprint density at radius 3 is 2.86 bits per heavy atom. The fourth-order valence-electron chi connectivity index (χ4n) is 3.81. The molecular weight excluding hydrogens is 266 g/mol. The highest BCUT2D eigenvalue weighted by Gasteiger charge is 2.39. The van der Waals surface area contributed by atoms with Crippen molar-refractivity contribution < 1.29 is 14.3 Å². The highest BCUT2D eigenvalue weighted by atomic mass is 16.5. The van der Waals surface area contributed by atoms with E-state index < -0.39 is 0 Å². The van der Waals surface area contributed by atoms with Gasteiger partial charge in [-0.2, -0.15) is 0 Å². The van der Waals surface area contributed by atoms with Gasteiger partial charge >= 0.3 is 5.97 Å². The smallest absolute Gasteiger partial charge is 0.341 e. The van der Waals surface area contributed by atoms with E-state index in [2.05, 4.69) is 0 Å². The van der Waals surface area contributed by atoms with Gasteiger partial charge in [0.2, 0.25) is 0 Å². The summed E-state index contributed by atoms with van der Waals surface area (Å²) in [6.45, 7) is 2.83. The number of carbonyl (C=O) groups excluding carboxylic acids is 1. The third kappa shape index (κ3) is 2.99. The van der Waals surface area contributed by atoms with Gasteiger partial charge in [0.1, 0.15) is 11.3 Å². The molecule has 0 amide bonds. The lowest BCUT2D eigenvalue weighted by Gasteiger charge is -2.22. The predicted molar refractivity (Wildman–Crippen MR) is 81.2 cm³/mol. The molecule has 114 valence electrons. The fourth-order valence-corrected chi connectivity index (χ4v) is 3.81. The highest BCUT2D eigenvalue weighted by molar-refractivity contribution is 5.93. The average Bonchev–Trinajstić information content (AvgIpc) is 3.08. The van der Waals surface area contributed by atoms with E-state index in [-0.39, 0.29) is 5.97 Å². The van der Waals surface area contributed by atoms with Crippen molar-refractivity contribution in [2.24, 2.45) is 17.8 Å². The molecular formula is C17H23NO3. The van der Waals surface area contributed by atoms with Crippen molar-refractivity contribution in [3.05, 3.63) is 23.8 Å². The maximum absolute atomic E-state index is 12.0. The van der Waals surface area contributed by atoms with Crippen molar-refractivity contribution in [2.45, 2.75) is 32.6 Å². The van der Waals surface area contributed by atoms with Crippen LogP contribution < -0.4 is 10.5 Å². The third-order valence-electron chi connectivity index (χ3n) is 4.84. The first kappa shape index (κ1) is 14.2. The summed E-state index contributed by atoms with van der Waals surface area (Å²) in [5, 5.41) is 0. The van der Waals surface area contributed by atoms with Crippen LogP contribution in [0.25, 0.3) is 0 Å². The van der Waals surface area contributed by atoms with Crippen LogP contribution in [0.1, 0.15) is 43.0 Å². The van der Waals surface area contributed by atoms with E-state index in [9.17, 15) is 4.79 Å². The minimum absolute atomic E-state index is 0.347. The van der Waals surface area contributed by atoms with Gasteiger partial charge in [0, 0.05) is 11.8 Å². The van der Waals surface area contributed by atoms with E-state index in [0.717, 1.165) is 11.8 Å². The molecule has 0 aliphatic heterocycles. The Morgan fingerprint density at radius 2 is 2.19 bits per heavy atom. The van der Waals surface area contributed by atoms with Crippen LogP contribution in [0.15, 0.2) is 18.2 Å². The number of hydrogen-bond acceptors (Lipinski definition) is 4. The molecule has 3 unspecified atom stereocenters. The molecule has 2 N–H and O–H groups in total. The van der Waals surface area contributed by atoms with Gasteiger partial charge in [0.05, 0.1) is 13.2 Å². The predicted octanol–water partition coefficient (Wildman–Crippen LogP) is 3.26. The van der Waals surface area contributed by atoms with E-state index >= 15 is 0 Å². The Hall–Kier alpha value is -1.71. The van der Waals surface area contributed by atoms with E-state index in [1.54, 1.807) is 25.1 Å². The molecule has 3 rings (SSSR count). The standard InChI is InChI=1S/C17H23NO3/c1-2-20-17(19)15-6-5-14(18)9-16(15)21-10-13-8-11-3-4-12(13)7-11/h5-6,9,11-13H,2-4,7-8,10,18H2,1H3. The quantitative estimate of drug-likeness (QED) is 0.667. The fraction of sp³-hybridized carbons (Fsp3) is 0.588. The minimum atomic E-state index is -0.347. The largest absolute Gasteiger partial charge is 0.492 e. The van der Waals surface area contributed by atoms with E-state index in [1.807, 2.05) is 0 Å². The van der Waals surface area contributed by atoms with Gasteiger partial charge in [0.15, 0.2) is 0 Å². The number of nitrogen functional groups attached to an aromatic ring is 1. The molecule has 2 aliphatic carbocycles. The van der Waals surface area contributed by atoms with Gasteiger partial charge < -0.3 is 15.2 Å². The van der Waals surface area contributed by atoms with E-state index in [1.165, 1.54) is 25.7 Å². The van der Waals surface area contributed by atoms with Gasteiger partial charge in [-0.05, 0) is 56.1 Å². The number of fused-ring (bicyclic) bond motifs is 2. The lowest BCUT2D eigenvalue weighted by Crippen LogP contribution is -2.19. The molecule has 0 saturated heterocycles. The third-order valence-corrected chi connectivity index (χ3v) is 4.84. The maximum Gasteiger partial charge on any atom is 0.341 e. The second kappa shape index (κ2) is 5.96. The molecule has 2 bridgehead atoms. The van der Waals surface area contributed by atoms with Gasteiger partial charge in [0.25, 0.3) is 0 Å². The number of ether oxygens (including phenoxy) is 2. The molecule has 2 aliphatic rings. The van der Waals surface area contributed by atoms with Crippen molar-refractivity contribution in [3.8, 4) is 5.75 Å². The summed E-state index contributed by atoms with van der Waals surface area (Å²) in [5.74, 6) is 2.54. The van der Waals surface area contributed by atoms with Gasteiger partial charge in [-0.1, -0.05) is 6.42 Å². The number of nitrogens with two attached hydrogens (primary N) is 1. The molecule has 0 spiro atoms. The number of carbonyl (C=O) groups is 1. The summed E-state index contributed by atoms with van der Waals surface area (Å²) in [7, 11) is 0. The SMILES string of the molecule is CCOC(=O)c1ccc(N)cc1OCC1CC2CCC1C2. The Balaban J connectivity index is 1.69. The minimum Gasteiger partial charge on any atom is -0.492 e. The lowest BCUT2D eigenvalue weighted by atomic mass is 9.89. The Bertz CT molecular complexity index is 529. The van der Waals surface area contributed by atoms with Crippen molar-refractivity contribution in [2.75, 3.05) is 18.9 Å². The lowest BCUT2D eigenvalue weighted by molar-refractivity contribution is 0.0520. The summed E-state index contributed by atoms with van der Waals surface area (Å²) >= 11 is 0. The molecule has 0 radical (unpaired) electrons. The molecule has 0 aromatic heterocycles. The summed E-state index contributed by atoms with van der Waals surface area (Å²) in [5.41, 5.74) is 6.88. The first-order chi connectivity index (χ1) is 10.2. The summed E-state index contributed by atoms with van der Waals surface area (Å²) in [4.78, 5) is 12.0. The summed E-state index contributed by atoms with van der Waals surface area (Å²) < 4.78 is 11.0. The van der Waals surface area contributed by atoms with Gasteiger partial charge in [-0.15, -0.1) is 0 Å².